The summed E-state index contributed by atoms with van der Waals surface area (Å²) in [5, 5.41) is 0. The molecule has 10 heavy (non-hydrogen) atoms. The number of hydrogen-bond donors (Lipinski definition) is 2. The predicted molar refractivity (Wildman–Crippen MR) is 37.9 cm³/mol. The number of rotatable bonds is 1. The maximum atomic E-state index is 5.67. The number of hydrogen-bond acceptors (Lipinski definition) is 2. The molecular weight excluding hydrogens is 307 g/mol. The van der Waals surface area contributed by atoms with E-state index >= 15 is 0 Å². The van der Waals surface area contributed by atoms with Crippen LogP contribution < -0.4 is 11.5 Å². The van der Waals surface area contributed by atoms with Gasteiger partial charge in [0, 0.05) is 0 Å². The van der Waals surface area contributed by atoms with Crippen molar-refractivity contribution in [3.8, 4) is 0 Å². The summed E-state index contributed by atoms with van der Waals surface area (Å²) in [4.78, 5) is 0. The van der Waals surface area contributed by atoms with Gasteiger partial charge in [-0.15, -0.1) is 0 Å². The van der Waals surface area contributed by atoms with Crippen molar-refractivity contribution in [1.29, 1.82) is 0 Å². The van der Waals surface area contributed by atoms with Crippen LogP contribution in [-0.2, 0) is 19.8 Å². The molecule has 0 spiro atoms. The third-order valence-corrected chi connectivity index (χ3v) is 4.12. The topological polar surface area (TPSA) is 52.0 Å². The van der Waals surface area contributed by atoms with E-state index in [4.69, 9.17) is 11.5 Å². The number of nitrogens with two attached hydrogens (primary N) is 2. The van der Waals surface area contributed by atoms with Gasteiger partial charge < -0.3 is 0 Å². The minimum absolute atomic E-state index is 0.130. The van der Waals surface area contributed by atoms with Crippen LogP contribution in [-0.4, -0.2) is 6.17 Å². The molecule has 1 saturated carbocycles. The summed E-state index contributed by atoms with van der Waals surface area (Å²) in [6.45, 7) is 0. The van der Waals surface area contributed by atoms with Gasteiger partial charge in [-0.25, -0.2) is 0 Å². The van der Waals surface area contributed by atoms with Crippen LogP contribution in [0.3, 0.4) is 0 Å². The van der Waals surface area contributed by atoms with Crippen molar-refractivity contribution >= 4 is 0 Å². The van der Waals surface area contributed by atoms with Crippen LogP contribution in [0.25, 0.3) is 0 Å². The molecule has 0 aromatic heterocycles. The van der Waals surface area contributed by atoms with E-state index in [1.54, 1.807) is 0 Å². The maximum absolute atomic E-state index is 5.67. The van der Waals surface area contributed by atoms with Crippen LogP contribution in [0.1, 0.15) is 32.1 Å². The van der Waals surface area contributed by atoms with Crippen molar-refractivity contribution in [3.05, 3.63) is 0 Å². The summed E-state index contributed by atoms with van der Waals surface area (Å²) >= 11 is 2.41. The van der Waals surface area contributed by atoms with Gasteiger partial charge >= 0.3 is 73.4 Å². The Kier molecular flexibility index (Phi) is 2.90. The van der Waals surface area contributed by atoms with E-state index < -0.39 is 0 Å². The summed E-state index contributed by atoms with van der Waals surface area (Å²) in [5.41, 5.74) is 11.3. The Bertz CT molecular complexity index is 108. The summed E-state index contributed by atoms with van der Waals surface area (Å²) in [5.74, 6) is 0. The minimum atomic E-state index is -0.130. The van der Waals surface area contributed by atoms with Crippen molar-refractivity contribution in [2.24, 2.45) is 11.5 Å². The molecule has 0 bridgehead atoms. The zero-order valence-corrected chi connectivity index (χ0v) is 8.36. The Morgan fingerprint density at radius 1 is 1.10 bits per heavy atom. The van der Waals surface area contributed by atoms with E-state index in [9.17, 15) is 0 Å². The Hall–Kier alpha value is 0.608. The molecule has 0 aromatic rings. The fourth-order valence-electron chi connectivity index (χ4n) is 1.45. The molecule has 0 saturated heterocycles. The zero-order valence-electron chi connectivity index (χ0n) is 6.08. The van der Waals surface area contributed by atoms with Gasteiger partial charge in [-0.05, 0) is 0 Å². The van der Waals surface area contributed by atoms with Gasteiger partial charge in [0.2, 0.25) is 0 Å². The van der Waals surface area contributed by atoms with Crippen LogP contribution >= 0.6 is 0 Å². The average molecular weight is 322 g/mol. The molecule has 1 rings (SSSR count). The van der Waals surface area contributed by atoms with Gasteiger partial charge in [0.05, 0.1) is 0 Å². The van der Waals surface area contributed by atoms with Crippen LogP contribution in [0, 0.1) is 0 Å². The molecule has 0 radical (unpaired) electrons. The van der Waals surface area contributed by atoms with Crippen LogP contribution in [0.15, 0.2) is 0 Å². The molecule has 4 N–H and O–H groups in total. The second-order valence-corrected chi connectivity index (χ2v) is 5.32. The fraction of sp³-hybridized carbons (Fsp3) is 1.00. The molecule has 2 nitrogen and oxygen atoms in total. The van der Waals surface area contributed by atoms with Gasteiger partial charge in [0.1, 0.15) is 0 Å². The fourth-order valence-corrected chi connectivity index (χ4v) is 2.25. The average Bonchev–Trinajstić information content (AvgIpc) is 1.89. The first kappa shape index (κ1) is 8.70. The molecule has 0 amide bonds. The van der Waals surface area contributed by atoms with Crippen molar-refractivity contribution in [2.45, 2.75) is 42.1 Å². The molecule has 1 aliphatic rings. The third kappa shape index (κ3) is 1.81. The summed E-state index contributed by atoms with van der Waals surface area (Å²) in [6.07, 6.45) is 6.23. The van der Waals surface area contributed by atoms with Gasteiger partial charge in [-0.1, -0.05) is 0 Å². The van der Waals surface area contributed by atoms with Crippen molar-refractivity contribution in [1.82, 2.24) is 0 Å². The Morgan fingerprint density at radius 3 is 1.90 bits per heavy atom. The zero-order chi connectivity index (χ0) is 7.61. The quantitative estimate of drug-likeness (QED) is 0.705. The third-order valence-electron chi connectivity index (χ3n) is 2.23. The second-order valence-electron chi connectivity index (χ2n) is 3.06. The second kappa shape index (κ2) is 3.34. The van der Waals surface area contributed by atoms with Crippen LogP contribution in [0.5, 0.6) is 0 Å². The van der Waals surface area contributed by atoms with Gasteiger partial charge in [-0.2, -0.15) is 0 Å². The van der Waals surface area contributed by atoms with E-state index in [0.29, 0.717) is 0 Å². The Morgan fingerprint density at radius 2 is 1.60 bits per heavy atom. The molecule has 63 valence electrons. The molecule has 1 aliphatic carbocycles. The van der Waals surface area contributed by atoms with Crippen molar-refractivity contribution in [3.63, 3.8) is 0 Å². The molecule has 0 aliphatic heterocycles. The molecule has 1 fully saturated rings. The summed E-state index contributed by atoms with van der Waals surface area (Å²) < 4.78 is 0.207. The molecule has 0 atom stereocenters. The van der Waals surface area contributed by atoms with E-state index in [2.05, 4.69) is 19.8 Å². The summed E-state index contributed by atoms with van der Waals surface area (Å²) in [7, 11) is 0. The SMILES string of the molecule is NC(N)[C]1([Pt])CCCCC1. The van der Waals surface area contributed by atoms with E-state index in [1.807, 2.05) is 0 Å². The normalized spacial score (nSPS) is 25.3. The van der Waals surface area contributed by atoms with Gasteiger partial charge in [-0.3, -0.25) is 0 Å². The van der Waals surface area contributed by atoms with E-state index in [0.717, 1.165) is 0 Å². The van der Waals surface area contributed by atoms with Crippen LogP contribution in [0.4, 0.5) is 0 Å². The molecule has 3 heteroatoms. The molecule has 0 heterocycles. The Balaban J connectivity index is 2.48. The summed E-state index contributed by atoms with van der Waals surface area (Å²) in [6, 6.07) is 0. The Labute approximate surface area is 73.6 Å². The van der Waals surface area contributed by atoms with Crippen LogP contribution in [0.2, 0.25) is 3.80 Å². The molecular formula is C7H15N2Pt. The first-order chi connectivity index (χ1) is 4.65. The standard InChI is InChI=1S/C7H15N2.Pt/c8-7(9)6-4-2-1-3-5-6;/h7H,1-5,8-9H2;. The van der Waals surface area contributed by atoms with E-state index in [-0.39, 0.29) is 9.97 Å². The monoisotopic (exact) mass is 322 g/mol. The van der Waals surface area contributed by atoms with Crippen molar-refractivity contribution < 1.29 is 19.8 Å². The molecule has 0 unspecified atom stereocenters. The first-order valence-corrected chi connectivity index (χ1v) is 4.96. The first-order valence-electron chi connectivity index (χ1n) is 3.82. The predicted octanol–water partition coefficient (Wildman–Crippen LogP) is 0.899. The van der Waals surface area contributed by atoms with Crippen molar-refractivity contribution in [2.75, 3.05) is 0 Å². The van der Waals surface area contributed by atoms with Gasteiger partial charge in [0.15, 0.2) is 0 Å². The van der Waals surface area contributed by atoms with E-state index in [1.165, 1.54) is 32.1 Å². The molecule has 0 aromatic carbocycles. The van der Waals surface area contributed by atoms with Gasteiger partial charge in [0.25, 0.3) is 0 Å².